The van der Waals surface area contributed by atoms with Crippen molar-refractivity contribution in [2.75, 3.05) is 5.32 Å². The maximum Gasteiger partial charge on any atom is 0.307 e. The number of carbonyl (C=O) groups is 1. The number of nitrogens with one attached hydrogen (secondary N) is 1. The molecule has 0 aliphatic heterocycles. The van der Waals surface area contributed by atoms with Crippen molar-refractivity contribution in [3.8, 4) is 5.75 Å². The summed E-state index contributed by atoms with van der Waals surface area (Å²) in [5.74, 6) is 0.475. The Kier molecular flexibility index (Phi) is 4.63. The van der Waals surface area contributed by atoms with Crippen LogP contribution in [0, 0.1) is 13.8 Å². The highest BCUT2D eigenvalue weighted by Gasteiger charge is 2.17. The van der Waals surface area contributed by atoms with Crippen LogP contribution in [-0.4, -0.2) is 16.6 Å². The summed E-state index contributed by atoms with van der Waals surface area (Å²) in [7, 11) is 1.74. The molecule has 0 spiro atoms. The molecule has 1 aromatic heterocycles. The number of hydrogen-bond donors (Lipinski definition) is 1. The van der Waals surface area contributed by atoms with Gasteiger partial charge in [0.1, 0.15) is 5.75 Å². The molecule has 25 heavy (non-hydrogen) atoms. The molecule has 0 radical (unpaired) electrons. The molecule has 0 unspecified atom stereocenters. The van der Waals surface area contributed by atoms with E-state index < -0.39 is 6.10 Å². The molecular weight excluding hydrogens is 336 g/mol. The van der Waals surface area contributed by atoms with Crippen LogP contribution in [0.15, 0.2) is 41.2 Å². The molecule has 0 saturated heterocycles. The number of nitrogens with zero attached hydrogens (tertiary/aromatic N) is 1. The molecule has 0 bridgehead atoms. The summed E-state index contributed by atoms with van der Waals surface area (Å²) in [6.07, 6.45) is -0.634. The minimum absolute atomic E-state index is 0.0231. The van der Waals surface area contributed by atoms with Gasteiger partial charge in [0.05, 0.1) is 10.2 Å². The van der Waals surface area contributed by atoms with Gasteiger partial charge in [-0.2, -0.15) is 0 Å². The lowest BCUT2D eigenvalue weighted by Gasteiger charge is -2.17. The standard InChI is InChI=1S/C19H20N2O3S/c1-11-6-5-7-16(12(11)2)24-13(3)18(22)20-14-8-9-15-17(10-14)25-19(23)21(15)4/h5-10,13H,1-4H3,(H,20,22)/t13-/m1/s1. The zero-order chi connectivity index (χ0) is 18.1. The summed E-state index contributed by atoms with van der Waals surface area (Å²) >= 11 is 1.16. The molecule has 3 aromatic rings. The van der Waals surface area contributed by atoms with Crippen molar-refractivity contribution in [3.63, 3.8) is 0 Å². The van der Waals surface area contributed by atoms with Gasteiger partial charge in [0, 0.05) is 12.7 Å². The summed E-state index contributed by atoms with van der Waals surface area (Å²) in [5, 5.41) is 2.85. The third kappa shape index (κ3) is 3.44. The summed E-state index contributed by atoms with van der Waals surface area (Å²) in [5.41, 5.74) is 3.65. The van der Waals surface area contributed by atoms with Crippen LogP contribution < -0.4 is 14.9 Å². The molecule has 1 N–H and O–H groups in total. The van der Waals surface area contributed by atoms with Crippen molar-refractivity contribution in [3.05, 3.63) is 57.2 Å². The number of hydrogen-bond acceptors (Lipinski definition) is 4. The number of aryl methyl sites for hydroxylation is 2. The van der Waals surface area contributed by atoms with Crippen LogP contribution in [-0.2, 0) is 11.8 Å². The molecule has 130 valence electrons. The van der Waals surface area contributed by atoms with Gasteiger partial charge in [0.2, 0.25) is 0 Å². The van der Waals surface area contributed by atoms with E-state index in [1.807, 2.05) is 44.2 Å². The summed E-state index contributed by atoms with van der Waals surface area (Å²) < 4.78 is 8.24. The Balaban J connectivity index is 1.75. The second-order valence-corrected chi connectivity index (χ2v) is 7.05. The third-order valence-electron chi connectivity index (χ3n) is 4.29. The van der Waals surface area contributed by atoms with Crippen molar-refractivity contribution in [1.29, 1.82) is 0 Å². The van der Waals surface area contributed by atoms with Crippen LogP contribution in [0.1, 0.15) is 18.1 Å². The lowest BCUT2D eigenvalue weighted by molar-refractivity contribution is -0.122. The second-order valence-electron chi connectivity index (χ2n) is 6.06. The normalized spacial score (nSPS) is 12.2. The number of ether oxygens (including phenoxy) is 1. The van der Waals surface area contributed by atoms with Crippen LogP contribution in [0.4, 0.5) is 5.69 Å². The lowest BCUT2D eigenvalue weighted by atomic mass is 10.1. The SMILES string of the molecule is Cc1cccc(O[C@H](C)C(=O)Nc2ccc3c(c2)sc(=O)n3C)c1C. The van der Waals surface area contributed by atoms with E-state index >= 15 is 0 Å². The van der Waals surface area contributed by atoms with E-state index in [2.05, 4.69) is 5.32 Å². The molecule has 0 saturated carbocycles. The average molecular weight is 356 g/mol. The number of aromatic nitrogens is 1. The minimum atomic E-state index is -0.634. The highest BCUT2D eigenvalue weighted by Crippen LogP contribution is 2.23. The van der Waals surface area contributed by atoms with Gasteiger partial charge in [-0.15, -0.1) is 0 Å². The fourth-order valence-corrected chi connectivity index (χ4v) is 3.47. The largest absolute Gasteiger partial charge is 0.481 e. The fraction of sp³-hybridized carbons (Fsp3) is 0.263. The van der Waals surface area contributed by atoms with E-state index in [9.17, 15) is 9.59 Å². The highest BCUT2D eigenvalue weighted by atomic mass is 32.1. The number of benzene rings is 2. The van der Waals surface area contributed by atoms with E-state index in [0.29, 0.717) is 11.4 Å². The Hall–Kier alpha value is -2.60. The predicted octanol–water partition coefficient (Wildman–Crippen LogP) is 3.62. The smallest absolute Gasteiger partial charge is 0.307 e. The van der Waals surface area contributed by atoms with Gasteiger partial charge in [-0.1, -0.05) is 23.5 Å². The lowest BCUT2D eigenvalue weighted by Crippen LogP contribution is -2.30. The van der Waals surface area contributed by atoms with Crippen molar-refractivity contribution in [2.45, 2.75) is 26.9 Å². The zero-order valence-corrected chi connectivity index (χ0v) is 15.4. The molecule has 1 amide bonds. The van der Waals surface area contributed by atoms with Crippen LogP contribution in [0.25, 0.3) is 10.2 Å². The maximum atomic E-state index is 12.4. The first kappa shape index (κ1) is 17.2. The van der Waals surface area contributed by atoms with Gasteiger partial charge in [-0.3, -0.25) is 9.59 Å². The first-order valence-corrected chi connectivity index (χ1v) is 8.82. The van der Waals surface area contributed by atoms with Gasteiger partial charge < -0.3 is 14.6 Å². The topological polar surface area (TPSA) is 60.3 Å². The quantitative estimate of drug-likeness (QED) is 0.777. The minimum Gasteiger partial charge on any atom is -0.481 e. The monoisotopic (exact) mass is 356 g/mol. The van der Waals surface area contributed by atoms with Crippen LogP contribution in [0.2, 0.25) is 0 Å². The maximum absolute atomic E-state index is 12.4. The third-order valence-corrected chi connectivity index (χ3v) is 5.28. The number of thiazole rings is 1. The molecular formula is C19H20N2O3S. The Morgan fingerprint density at radius 1 is 1.24 bits per heavy atom. The Labute approximate surface area is 149 Å². The molecule has 1 atom stereocenters. The first-order chi connectivity index (χ1) is 11.9. The van der Waals surface area contributed by atoms with E-state index in [0.717, 1.165) is 32.7 Å². The van der Waals surface area contributed by atoms with Crippen molar-refractivity contribution >= 4 is 33.1 Å². The molecule has 5 nitrogen and oxygen atoms in total. The molecule has 3 rings (SSSR count). The number of carbonyl (C=O) groups excluding carboxylic acids is 1. The number of fused-ring (bicyclic) bond motifs is 1. The Morgan fingerprint density at radius 3 is 2.76 bits per heavy atom. The van der Waals surface area contributed by atoms with E-state index in [1.54, 1.807) is 24.6 Å². The van der Waals surface area contributed by atoms with Gasteiger partial charge in [0.25, 0.3) is 5.91 Å². The van der Waals surface area contributed by atoms with Gasteiger partial charge in [-0.05, 0) is 56.2 Å². The van der Waals surface area contributed by atoms with Gasteiger partial charge >= 0.3 is 4.87 Å². The molecule has 1 heterocycles. The van der Waals surface area contributed by atoms with Crippen molar-refractivity contribution in [2.24, 2.45) is 7.05 Å². The molecule has 6 heteroatoms. The highest BCUT2D eigenvalue weighted by molar-refractivity contribution is 7.16. The summed E-state index contributed by atoms with van der Waals surface area (Å²) in [6.45, 7) is 5.70. The van der Waals surface area contributed by atoms with Gasteiger partial charge in [0.15, 0.2) is 6.10 Å². The number of anilines is 1. The predicted molar refractivity (Wildman–Crippen MR) is 102 cm³/mol. The molecule has 0 aliphatic carbocycles. The summed E-state index contributed by atoms with van der Waals surface area (Å²) in [4.78, 5) is 24.1. The van der Waals surface area contributed by atoms with E-state index in [-0.39, 0.29) is 10.8 Å². The first-order valence-electron chi connectivity index (χ1n) is 8.00. The average Bonchev–Trinajstić information content (AvgIpc) is 2.85. The Morgan fingerprint density at radius 2 is 2.00 bits per heavy atom. The molecule has 2 aromatic carbocycles. The molecule has 0 fully saturated rings. The van der Waals surface area contributed by atoms with Crippen LogP contribution in [0.3, 0.4) is 0 Å². The number of rotatable bonds is 4. The van der Waals surface area contributed by atoms with Crippen molar-refractivity contribution < 1.29 is 9.53 Å². The van der Waals surface area contributed by atoms with Crippen LogP contribution >= 0.6 is 11.3 Å². The van der Waals surface area contributed by atoms with Gasteiger partial charge in [-0.25, -0.2) is 0 Å². The Bertz CT molecular complexity index is 1000. The number of amides is 1. The zero-order valence-electron chi connectivity index (χ0n) is 14.6. The van der Waals surface area contributed by atoms with E-state index in [4.69, 9.17) is 4.74 Å². The second kappa shape index (κ2) is 6.72. The van der Waals surface area contributed by atoms with Crippen LogP contribution in [0.5, 0.6) is 5.75 Å². The van der Waals surface area contributed by atoms with E-state index in [1.165, 1.54) is 0 Å². The summed E-state index contributed by atoms with van der Waals surface area (Å²) in [6, 6.07) is 11.2. The fourth-order valence-electron chi connectivity index (χ4n) is 2.55. The van der Waals surface area contributed by atoms with Crippen molar-refractivity contribution in [1.82, 2.24) is 4.57 Å². The molecule has 0 aliphatic rings.